The molecule has 17 heteroatoms. The van der Waals surface area contributed by atoms with Crippen LogP contribution in [0.4, 0.5) is 65.9 Å². The maximum Gasteiger partial charge on any atom is 0.457 e. The SMILES string of the molecule is O=C(O)C(F)(C(F)(F)C(F)(F)F)C(C(F)(F)F)(C(F)(F)F)C(F)(F)F. The zero-order valence-electron chi connectivity index (χ0n) is 10.5. The Morgan fingerprint density at radius 1 is 0.520 bits per heavy atom. The van der Waals surface area contributed by atoms with Gasteiger partial charge >= 0.3 is 47.7 Å². The van der Waals surface area contributed by atoms with Gasteiger partial charge in [-0.25, -0.2) is 9.18 Å². The first-order valence-electron chi connectivity index (χ1n) is 5.01. The van der Waals surface area contributed by atoms with E-state index in [9.17, 15) is 70.7 Å². The van der Waals surface area contributed by atoms with Gasteiger partial charge < -0.3 is 5.11 Å². The largest absolute Gasteiger partial charge is 0.479 e. The van der Waals surface area contributed by atoms with Crippen LogP contribution in [0.5, 0.6) is 0 Å². The fourth-order valence-corrected chi connectivity index (χ4v) is 1.79. The summed E-state index contributed by atoms with van der Waals surface area (Å²) in [5.74, 6) is -13.2. The fourth-order valence-electron chi connectivity index (χ4n) is 1.79. The van der Waals surface area contributed by atoms with Crippen molar-refractivity contribution >= 4 is 5.97 Å². The average Bonchev–Trinajstić information content (AvgIpc) is 2.20. The molecule has 0 spiro atoms. The van der Waals surface area contributed by atoms with Crippen molar-refractivity contribution in [1.82, 2.24) is 0 Å². The minimum Gasteiger partial charge on any atom is -0.479 e. The van der Waals surface area contributed by atoms with Crippen molar-refractivity contribution in [2.24, 2.45) is 5.41 Å². The molecule has 0 aliphatic rings. The molecule has 0 aromatic heterocycles. The number of aliphatic carboxylic acids is 1. The van der Waals surface area contributed by atoms with E-state index in [1.165, 1.54) is 0 Å². The number of carboxylic acids is 1. The van der Waals surface area contributed by atoms with E-state index in [1.54, 1.807) is 0 Å². The van der Waals surface area contributed by atoms with Crippen LogP contribution in [0.25, 0.3) is 0 Å². The summed E-state index contributed by atoms with van der Waals surface area (Å²) in [4.78, 5) is 10.2. The van der Waals surface area contributed by atoms with Crippen LogP contribution in [-0.2, 0) is 4.79 Å². The van der Waals surface area contributed by atoms with E-state index in [1.807, 2.05) is 0 Å². The molecule has 0 aromatic carbocycles. The lowest BCUT2D eigenvalue weighted by Gasteiger charge is -2.47. The van der Waals surface area contributed by atoms with Gasteiger partial charge in [-0.15, -0.1) is 0 Å². The molecule has 0 rings (SSSR count). The normalized spacial score (nSPS) is 18.0. The molecule has 0 aliphatic heterocycles. The number of hydrogen-bond acceptors (Lipinski definition) is 1. The smallest absolute Gasteiger partial charge is 0.457 e. The summed E-state index contributed by atoms with van der Waals surface area (Å²) in [7, 11) is 0. The molecule has 1 N–H and O–H groups in total. The standard InChI is InChI=1S/C8HF15O2/c9-2(1(24)25,4(10,11)8(21,22)23)3(5(12,13)14,6(15,16)17)7(18,19)20/h(H,24,25). The van der Waals surface area contributed by atoms with Gasteiger partial charge in [-0.2, -0.15) is 61.5 Å². The molecular formula is C8HF15O2. The Kier molecular flexibility index (Phi) is 5.11. The number of alkyl halides is 15. The van der Waals surface area contributed by atoms with E-state index in [4.69, 9.17) is 5.11 Å². The molecule has 0 amide bonds. The van der Waals surface area contributed by atoms with Crippen LogP contribution in [0.3, 0.4) is 0 Å². The Morgan fingerprint density at radius 2 is 0.760 bits per heavy atom. The van der Waals surface area contributed by atoms with E-state index < -0.39 is 47.7 Å². The van der Waals surface area contributed by atoms with Crippen molar-refractivity contribution in [2.75, 3.05) is 0 Å². The van der Waals surface area contributed by atoms with Gasteiger partial charge in [0.25, 0.3) is 0 Å². The first kappa shape index (κ1) is 23.4. The third-order valence-electron chi connectivity index (χ3n) is 2.88. The Bertz CT molecular complexity index is 484. The molecule has 0 saturated carbocycles. The molecule has 0 aromatic rings. The second kappa shape index (κ2) is 5.46. The van der Waals surface area contributed by atoms with Crippen molar-refractivity contribution in [3.63, 3.8) is 0 Å². The third-order valence-corrected chi connectivity index (χ3v) is 2.88. The zero-order valence-corrected chi connectivity index (χ0v) is 10.5. The van der Waals surface area contributed by atoms with E-state index in [2.05, 4.69) is 0 Å². The van der Waals surface area contributed by atoms with Crippen LogP contribution in [0.2, 0.25) is 0 Å². The van der Waals surface area contributed by atoms with Gasteiger partial charge in [0.05, 0.1) is 0 Å². The molecule has 150 valence electrons. The predicted octanol–water partition coefficient (Wildman–Crippen LogP) is 4.65. The van der Waals surface area contributed by atoms with Crippen LogP contribution in [0, 0.1) is 5.41 Å². The van der Waals surface area contributed by atoms with Crippen molar-refractivity contribution in [3.05, 3.63) is 0 Å². The van der Waals surface area contributed by atoms with Gasteiger partial charge in [0.2, 0.25) is 0 Å². The van der Waals surface area contributed by atoms with Crippen molar-refractivity contribution < 1.29 is 75.8 Å². The van der Waals surface area contributed by atoms with E-state index in [0.29, 0.717) is 0 Å². The molecule has 25 heavy (non-hydrogen) atoms. The van der Waals surface area contributed by atoms with Gasteiger partial charge in [-0.3, -0.25) is 0 Å². The molecule has 0 bridgehead atoms. The highest BCUT2D eigenvalue weighted by Crippen LogP contribution is 2.70. The van der Waals surface area contributed by atoms with Crippen LogP contribution < -0.4 is 0 Å². The van der Waals surface area contributed by atoms with Crippen molar-refractivity contribution in [3.8, 4) is 0 Å². The molecule has 2 nitrogen and oxygen atoms in total. The molecule has 1 unspecified atom stereocenters. The highest BCUT2D eigenvalue weighted by atomic mass is 19.4. The summed E-state index contributed by atoms with van der Waals surface area (Å²) < 4.78 is 188. The molecule has 0 fully saturated rings. The minimum atomic E-state index is -8.61. The fraction of sp³-hybridized carbons (Fsp3) is 0.875. The molecule has 0 heterocycles. The second-order valence-electron chi connectivity index (χ2n) is 4.28. The number of carbonyl (C=O) groups is 1. The topological polar surface area (TPSA) is 37.3 Å². The first-order chi connectivity index (χ1) is 10.4. The Morgan fingerprint density at radius 3 is 0.880 bits per heavy atom. The molecule has 0 radical (unpaired) electrons. The summed E-state index contributed by atoms with van der Waals surface area (Å²) in [5, 5.41) is 7.90. The number of halogens is 15. The van der Waals surface area contributed by atoms with Gasteiger partial charge in [0.15, 0.2) is 0 Å². The maximum absolute atomic E-state index is 13.8. The van der Waals surface area contributed by atoms with E-state index in [-0.39, 0.29) is 0 Å². The number of carboxylic acid groups (broad SMARTS) is 1. The van der Waals surface area contributed by atoms with Gasteiger partial charge in [-0.05, 0) is 0 Å². The average molecular weight is 414 g/mol. The van der Waals surface area contributed by atoms with Crippen LogP contribution in [-0.4, -0.2) is 47.4 Å². The van der Waals surface area contributed by atoms with Gasteiger partial charge in [0.1, 0.15) is 0 Å². The van der Waals surface area contributed by atoms with Gasteiger partial charge in [-0.1, -0.05) is 0 Å². The van der Waals surface area contributed by atoms with E-state index in [0.717, 1.165) is 0 Å². The number of rotatable bonds is 3. The first-order valence-corrected chi connectivity index (χ1v) is 5.01. The molecule has 0 saturated heterocycles. The zero-order chi connectivity index (χ0) is 21.1. The Balaban J connectivity index is 7.64. The van der Waals surface area contributed by atoms with Crippen LogP contribution in [0.1, 0.15) is 0 Å². The van der Waals surface area contributed by atoms with Gasteiger partial charge in [0, 0.05) is 0 Å². The summed E-state index contributed by atoms with van der Waals surface area (Å²) in [6.07, 6.45) is -32.8. The minimum absolute atomic E-state index is 4.98. The molecule has 1 atom stereocenters. The van der Waals surface area contributed by atoms with Crippen LogP contribution >= 0.6 is 0 Å². The Labute approximate surface area is 125 Å². The summed E-state index contributed by atoms with van der Waals surface area (Å²) >= 11 is 0. The van der Waals surface area contributed by atoms with E-state index >= 15 is 0 Å². The Hall–Kier alpha value is -1.58. The predicted molar refractivity (Wildman–Crippen MR) is 43.1 cm³/mol. The van der Waals surface area contributed by atoms with Crippen molar-refractivity contribution in [1.29, 1.82) is 0 Å². The highest BCUT2D eigenvalue weighted by Gasteiger charge is 3.01. The lowest BCUT2D eigenvalue weighted by molar-refractivity contribution is -0.483. The highest BCUT2D eigenvalue weighted by molar-refractivity contribution is 5.81. The van der Waals surface area contributed by atoms with Crippen molar-refractivity contribution in [2.45, 2.75) is 36.3 Å². The quantitative estimate of drug-likeness (QED) is 0.683. The lowest BCUT2D eigenvalue weighted by atomic mass is 9.67. The summed E-state index contributed by atoms with van der Waals surface area (Å²) in [6, 6.07) is 0. The van der Waals surface area contributed by atoms with Crippen LogP contribution in [0.15, 0.2) is 0 Å². The summed E-state index contributed by atoms with van der Waals surface area (Å²) in [5.41, 5.74) is -16.9. The third kappa shape index (κ3) is 2.74. The molecule has 0 aliphatic carbocycles. The lowest BCUT2D eigenvalue weighted by Crippen LogP contribution is -2.79. The summed E-state index contributed by atoms with van der Waals surface area (Å²) in [6.45, 7) is 0. The number of hydrogen-bond donors (Lipinski definition) is 1. The maximum atomic E-state index is 13.8. The second-order valence-corrected chi connectivity index (χ2v) is 4.28. The monoisotopic (exact) mass is 414 g/mol. The molecular weight excluding hydrogens is 413 g/mol.